The zero-order valence-corrected chi connectivity index (χ0v) is 11.6. The van der Waals surface area contributed by atoms with Gasteiger partial charge in [0.05, 0.1) is 5.92 Å². The third kappa shape index (κ3) is 3.54. The monoisotopic (exact) mass is 282 g/mol. The van der Waals surface area contributed by atoms with Gasteiger partial charge in [-0.1, -0.05) is 12.8 Å². The summed E-state index contributed by atoms with van der Waals surface area (Å²) < 4.78 is 26.1. The Hall–Kier alpha value is -1.49. The Morgan fingerprint density at radius 1 is 1.35 bits per heavy atom. The highest BCUT2D eigenvalue weighted by atomic mass is 19.1. The lowest BCUT2D eigenvalue weighted by Gasteiger charge is -2.37. The number of carbonyl (C=O) groups excluding carboxylic acids is 1. The molecule has 0 radical (unpaired) electrons. The van der Waals surface area contributed by atoms with Gasteiger partial charge in [-0.25, -0.2) is 8.78 Å². The molecule has 0 saturated heterocycles. The minimum atomic E-state index is -0.643. The molecule has 0 bridgehead atoms. The van der Waals surface area contributed by atoms with Gasteiger partial charge in [-0.05, 0) is 37.5 Å². The molecule has 3 nitrogen and oxygen atoms in total. The van der Waals surface area contributed by atoms with Gasteiger partial charge in [-0.2, -0.15) is 0 Å². The summed E-state index contributed by atoms with van der Waals surface area (Å²) in [5.74, 6) is -1.67. The molecule has 1 aromatic carbocycles. The van der Waals surface area contributed by atoms with Crippen LogP contribution in [0, 0.1) is 17.6 Å². The minimum Gasteiger partial charge on any atom is -0.352 e. The van der Waals surface area contributed by atoms with Crippen LogP contribution in [0.25, 0.3) is 0 Å². The lowest BCUT2D eigenvalue weighted by molar-refractivity contribution is -0.128. The third-order valence-electron chi connectivity index (χ3n) is 3.96. The van der Waals surface area contributed by atoms with Crippen LogP contribution in [0.3, 0.4) is 0 Å². The van der Waals surface area contributed by atoms with Crippen molar-refractivity contribution in [3.63, 3.8) is 0 Å². The normalized spacial score (nSPS) is 26.3. The molecular formula is C15H20F2N2O. The number of hydrogen-bond acceptors (Lipinski definition) is 2. The summed E-state index contributed by atoms with van der Waals surface area (Å²) in [7, 11) is 0. The first-order valence-corrected chi connectivity index (χ1v) is 6.90. The molecule has 0 heterocycles. The molecule has 1 amide bonds. The molecule has 110 valence electrons. The Morgan fingerprint density at radius 3 is 2.60 bits per heavy atom. The number of carbonyl (C=O) groups is 1. The van der Waals surface area contributed by atoms with Crippen LogP contribution in [-0.2, 0) is 11.3 Å². The van der Waals surface area contributed by atoms with Crippen molar-refractivity contribution in [3.05, 3.63) is 35.4 Å². The highest BCUT2D eigenvalue weighted by Gasteiger charge is 2.37. The molecular weight excluding hydrogens is 262 g/mol. The molecule has 0 spiro atoms. The van der Waals surface area contributed by atoms with Crippen molar-refractivity contribution in [3.8, 4) is 0 Å². The summed E-state index contributed by atoms with van der Waals surface area (Å²) in [6.07, 6.45) is 3.60. The molecule has 2 unspecified atom stereocenters. The first kappa shape index (κ1) is 14.9. The molecule has 1 aliphatic rings. The second-order valence-corrected chi connectivity index (χ2v) is 5.80. The van der Waals surface area contributed by atoms with Crippen LogP contribution in [0.15, 0.2) is 18.2 Å². The van der Waals surface area contributed by atoms with Crippen molar-refractivity contribution in [1.82, 2.24) is 5.32 Å². The van der Waals surface area contributed by atoms with E-state index >= 15 is 0 Å². The smallest absolute Gasteiger partial charge is 0.225 e. The van der Waals surface area contributed by atoms with Crippen LogP contribution >= 0.6 is 0 Å². The van der Waals surface area contributed by atoms with Gasteiger partial charge in [0.25, 0.3) is 0 Å². The maximum Gasteiger partial charge on any atom is 0.225 e. The number of hydrogen-bond donors (Lipinski definition) is 2. The molecule has 20 heavy (non-hydrogen) atoms. The number of rotatable bonds is 3. The predicted octanol–water partition coefficient (Wildman–Crippen LogP) is 2.49. The van der Waals surface area contributed by atoms with E-state index in [-0.39, 0.29) is 18.4 Å². The van der Waals surface area contributed by atoms with Gasteiger partial charge in [-0.15, -0.1) is 0 Å². The maximum atomic E-state index is 13.1. The molecule has 1 fully saturated rings. The second kappa shape index (κ2) is 5.87. The quantitative estimate of drug-likeness (QED) is 0.895. The van der Waals surface area contributed by atoms with E-state index in [9.17, 15) is 13.6 Å². The number of halogens is 2. The van der Waals surface area contributed by atoms with E-state index in [2.05, 4.69) is 5.32 Å². The average molecular weight is 282 g/mol. The minimum absolute atomic E-state index is 0.111. The van der Waals surface area contributed by atoms with Crippen molar-refractivity contribution in [2.75, 3.05) is 0 Å². The highest BCUT2D eigenvalue weighted by molar-refractivity contribution is 5.80. The Balaban J connectivity index is 1.97. The summed E-state index contributed by atoms with van der Waals surface area (Å²) in [4.78, 5) is 12.2. The topological polar surface area (TPSA) is 55.1 Å². The molecule has 0 aliphatic heterocycles. The Bertz CT molecular complexity index is 482. The fraction of sp³-hybridized carbons (Fsp3) is 0.533. The SMILES string of the molecule is CC1(N)CCCCC1C(=O)NCc1cc(F)cc(F)c1. The molecule has 5 heteroatoms. The van der Waals surface area contributed by atoms with Gasteiger partial charge < -0.3 is 11.1 Å². The second-order valence-electron chi connectivity index (χ2n) is 5.80. The molecule has 3 N–H and O–H groups in total. The zero-order valence-electron chi connectivity index (χ0n) is 11.6. The molecule has 0 aromatic heterocycles. The summed E-state index contributed by atoms with van der Waals surface area (Å²) in [6.45, 7) is 2.00. The standard InChI is InChI=1S/C15H20F2N2O/c1-15(18)5-3-2-4-13(15)14(20)19-9-10-6-11(16)8-12(17)7-10/h6-8,13H,2-5,9,18H2,1H3,(H,19,20). The lowest BCUT2D eigenvalue weighted by Crippen LogP contribution is -2.52. The van der Waals surface area contributed by atoms with Crippen molar-refractivity contribution in [2.45, 2.75) is 44.7 Å². The van der Waals surface area contributed by atoms with Gasteiger partial charge in [0, 0.05) is 18.2 Å². The van der Waals surface area contributed by atoms with E-state index in [1.54, 1.807) is 0 Å². The molecule has 2 rings (SSSR count). The van der Waals surface area contributed by atoms with E-state index < -0.39 is 17.2 Å². The summed E-state index contributed by atoms with van der Waals surface area (Å²) >= 11 is 0. The largest absolute Gasteiger partial charge is 0.352 e. The summed E-state index contributed by atoms with van der Waals surface area (Å²) in [5.41, 5.74) is 6.06. The molecule has 1 aromatic rings. The fourth-order valence-electron chi connectivity index (χ4n) is 2.81. The third-order valence-corrected chi connectivity index (χ3v) is 3.96. The van der Waals surface area contributed by atoms with E-state index in [1.807, 2.05) is 6.92 Å². The molecule has 2 atom stereocenters. The average Bonchev–Trinajstić information content (AvgIpc) is 2.34. The van der Waals surface area contributed by atoms with Gasteiger partial charge in [0.15, 0.2) is 0 Å². The van der Waals surface area contributed by atoms with Crippen LogP contribution in [0.2, 0.25) is 0 Å². The van der Waals surface area contributed by atoms with Crippen molar-refractivity contribution in [1.29, 1.82) is 0 Å². The van der Waals surface area contributed by atoms with Crippen LogP contribution in [0.4, 0.5) is 8.78 Å². The summed E-state index contributed by atoms with van der Waals surface area (Å²) in [6, 6.07) is 3.24. The summed E-state index contributed by atoms with van der Waals surface area (Å²) in [5, 5.41) is 2.73. The number of nitrogens with one attached hydrogen (secondary N) is 1. The zero-order chi connectivity index (χ0) is 14.8. The first-order chi connectivity index (χ1) is 9.38. The van der Waals surface area contributed by atoms with Crippen LogP contribution in [-0.4, -0.2) is 11.4 Å². The van der Waals surface area contributed by atoms with E-state index in [0.717, 1.165) is 31.7 Å². The predicted molar refractivity (Wildman–Crippen MR) is 72.8 cm³/mol. The van der Waals surface area contributed by atoms with E-state index in [1.165, 1.54) is 12.1 Å². The van der Waals surface area contributed by atoms with Crippen LogP contribution in [0.1, 0.15) is 38.2 Å². The number of nitrogens with two attached hydrogens (primary N) is 1. The van der Waals surface area contributed by atoms with Crippen LogP contribution < -0.4 is 11.1 Å². The Kier molecular flexibility index (Phi) is 4.38. The number of benzene rings is 1. The van der Waals surface area contributed by atoms with Crippen molar-refractivity contribution in [2.24, 2.45) is 11.7 Å². The highest BCUT2D eigenvalue weighted by Crippen LogP contribution is 2.31. The van der Waals surface area contributed by atoms with Gasteiger partial charge in [0.1, 0.15) is 11.6 Å². The Labute approximate surface area is 117 Å². The first-order valence-electron chi connectivity index (χ1n) is 6.90. The Morgan fingerprint density at radius 2 is 2.00 bits per heavy atom. The lowest BCUT2D eigenvalue weighted by atomic mass is 9.74. The van der Waals surface area contributed by atoms with Crippen LogP contribution in [0.5, 0.6) is 0 Å². The van der Waals surface area contributed by atoms with Crippen molar-refractivity contribution >= 4 is 5.91 Å². The number of amides is 1. The van der Waals surface area contributed by atoms with E-state index in [0.29, 0.717) is 5.56 Å². The molecule has 1 saturated carbocycles. The van der Waals surface area contributed by atoms with Gasteiger partial charge in [-0.3, -0.25) is 4.79 Å². The fourth-order valence-corrected chi connectivity index (χ4v) is 2.81. The van der Waals surface area contributed by atoms with Gasteiger partial charge >= 0.3 is 0 Å². The maximum absolute atomic E-state index is 13.1. The van der Waals surface area contributed by atoms with Crippen molar-refractivity contribution < 1.29 is 13.6 Å². The van der Waals surface area contributed by atoms with E-state index in [4.69, 9.17) is 5.73 Å². The molecule has 1 aliphatic carbocycles. The van der Waals surface area contributed by atoms with Gasteiger partial charge in [0.2, 0.25) is 5.91 Å².